The first-order valence-corrected chi connectivity index (χ1v) is 13.6. The van der Waals surface area contributed by atoms with E-state index in [9.17, 15) is 23.6 Å². The Morgan fingerprint density at radius 3 is 2.12 bits per heavy atom. The second-order valence-electron chi connectivity index (χ2n) is 10.3. The van der Waals surface area contributed by atoms with Crippen LogP contribution in [0.1, 0.15) is 56.2 Å². The molecule has 43 heavy (non-hydrogen) atoms. The third-order valence-electron chi connectivity index (χ3n) is 7.01. The number of ether oxygens (including phenoxy) is 2. The minimum atomic E-state index is -2.74. The molecule has 2 aromatic carbocycles. The third-order valence-corrected chi connectivity index (χ3v) is 7.01. The lowest BCUT2D eigenvalue weighted by atomic mass is 9.80. The van der Waals surface area contributed by atoms with E-state index >= 15 is 0 Å². The Morgan fingerprint density at radius 1 is 1.02 bits per heavy atom. The minimum absolute atomic E-state index is 0.137. The molecule has 0 saturated carbocycles. The van der Waals surface area contributed by atoms with Crippen LogP contribution in [0.4, 0.5) is 4.39 Å². The molecule has 0 unspecified atom stereocenters. The number of amides is 1. The molecule has 1 amide bonds. The molecule has 1 aliphatic rings. The molecule has 13 heteroatoms. The summed E-state index contributed by atoms with van der Waals surface area (Å²) in [5.41, 5.74) is -0.606. The van der Waals surface area contributed by atoms with Gasteiger partial charge in [-0.05, 0) is 43.5 Å². The molecule has 2 aromatic rings. The number of carbonyl (C=O) groups is 4. The molecule has 1 fully saturated rings. The number of carboxylic acid groups (broad SMARTS) is 3. The van der Waals surface area contributed by atoms with Gasteiger partial charge >= 0.3 is 17.9 Å². The van der Waals surface area contributed by atoms with Crippen LogP contribution in [0.5, 0.6) is 5.75 Å². The molecule has 1 heterocycles. The number of likely N-dealkylation sites (tertiary alicyclic amines) is 1. The number of benzene rings is 2. The number of methoxy groups -OCH3 is 1. The lowest BCUT2D eigenvalue weighted by Gasteiger charge is -2.42. The van der Waals surface area contributed by atoms with Crippen molar-refractivity contribution in [2.75, 3.05) is 26.8 Å². The summed E-state index contributed by atoms with van der Waals surface area (Å²) >= 11 is 0. The zero-order chi connectivity index (χ0) is 32.2. The number of nitrogens with zero attached hydrogens (tertiary/aromatic N) is 1. The van der Waals surface area contributed by atoms with Crippen molar-refractivity contribution in [3.05, 3.63) is 65.0 Å². The average Bonchev–Trinajstić information content (AvgIpc) is 2.92. The van der Waals surface area contributed by atoms with Crippen LogP contribution in [0, 0.1) is 5.82 Å². The van der Waals surface area contributed by atoms with Crippen LogP contribution in [-0.2, 0) is 42.6 Å². The second-order valence-corrected chi connectivity index (χ2v) is 10.3. The van der Waals surface area contributed by atoms with Gasteiger partial charge in [-0.1, -0.05) is 24.3 Å². The number of hydrogen-bond donors (Lipinski definition) is 5. The molecule has 0 bridgehead atoms. The van der Waals surface area contributed by atoms with Crippen molar-refractivity contribution >= 4 is 23.8 Å². The highest BCUT2D eigenvalue weighted by atomic mass is 19.1. The highest BCUT2D eigenvalue weighted by molar-refractivity contribution is 5.88. The largest absolute Gasteiger partial charge is 0.496 e. The highest BCUT2D eigenvalue weighted by Gasteiger charge is 2.41. The second kappa shape index (κ2) is 16.0. The van der Waals surface area contributed by atoms with Crippen molar-refractivity contribution in [2.45, 2.75) is 63.8 Å². The third kappa shape index (κ3) is 10.3. The number of carbonyl (C=O) groups excluding carboxylic acids is 1. The van der Waals surface area contributed by atoms with Gasteiger partial charge < -0.3 is 35.2 Å². The van der Waals surface area contributed by atoms with Gasteiger partial charge in [0.25, 0.3) is 0 Å². The van der Waals surface area contributed by atoms with Crippen molar-refractivity contribution in [1.82, 2.24) is 10.2 Å². The number of hydrogen-bond acceptors (Lipinski definition) is 8. The number of nitrogens with one attached hydrogen (secondary N) is 1. The summed E-state index contributed by atoms with van der Waals surface area (Å²) < 4.78 is 25.5. The van der Waals surface area contributed by atoms with E-state index < -0.39 is 41.9 Å². The van der Waals surface area contributed by atoms with Crippen molar-refractivity contribution in [1.29, 1.82) is 0 Å². The van der Waals surface area contributed by atoms with E-state index in [2.05, 4.69) is 22.3 Å². The van der Waals surface area contributed by atoms with E-state index in [1.54, 1.807) is 19.2 Å². The number of rotatable bonds is 13. The smallest absolute Gasteiger partial charge is 0.336 e. The fourth-order valence-corrected chi connectivity index (χ4v) is 4.97. The lowest BCUT2D eigenvalue weighted by Crippen LogP contribution is -2.52. The van der Waals surface area contributed by atoms with Gasteiger partial charge in [0.15, 0.2) is 5.60 Å². The monoisotopic (exact) mass is 606 g/mol. The van der Waals surface area contributed by atoms with Crippen LogP contribution in [0.25, 0.3) is 0 Å². The summed E-state index contributed by atoms with van der Waals surface area (Å²) in [6, 6.07) is 12.9. The van der Waals surface area contributed by atoms with Gasteiger partial charge in [-0.25, -0.2) is 9.18 Å². The van der Waals surface area contributed by atoms with Gasteiger partial charge in [0.05, 0.1) is 32.1 Å². The van der Waals surface area contributed by atoms with Crippen molar-refractivity contribution < 1.29 is 53.5 Å². The van der Waals surface area contributed by atoms with E-state index in [4.69, 9.17) is 29.9 Å². The fourth-order valence-electron chi connectivity index (χ4n) is 4.97. The number of carboxylic acids is 3. The minimum Gasteiger partial charge on any atom is -0.496 e. The molecule has 12 nitrogen and oxygen atoms in total. The SMILES string of the molecule is CCOCc1cc(CN2CCC(NC(C)=O)(c3ccccc3F)CC2)ccc1OC.O=C(O)CC(O)(CC(=O)O)C(=O)O. The summed E-state index contributed by atoms with van der Waals surface area (Å²) in [4.78, 5) is 44.7. The Kier molecular flexibility index (Phi) is 13.0. The zero-order valence-corrected chi connectivity index (χ0v) is 24.5. The van der Waals surface area contributed by atoms with Gasteiger partial charge in [-0.3, -0.25) is 19.3 Å². The van der Waals surface area contributed by atoms with E-state index in [1.807, 2.05) is 19.1 Å². The van der Waals surface area contributed by atoms with Gasteiger partial charge in [-0.2, -0.15) is 0 Å². The summed E-state index contributed by atoms with van der Waals surface area (Å²) in [5.74, 6) is -4.59. The highest BCUT2D eigenvalue weighted by Crippen LogP contribution is 2.35. The van der Waals surface area contributed by atoms with E-state index in [1.165, 1.54) is 18.6 Å². The molecule has 0 aromatic heterocycles. The Labute approximate surface area is 249 Å². The van der Waals surface area contributed by atoms with Crippen LogP contribution in [0.2, 0.25) is 0 Å². The number of aliphatic hydroxyl groups is 1. The molecule has 3 rings (SSSR count). The topological polar surface area (TPSA) is 183 Å². The molecule has 1 saturated heterocycles. The predicted octanol–water partition coefficient (Wildman–Crippen LogP) is 2.75. The van der Waals surface area contributed by atoms with Crippen LogP contribution < -0.4 is 10.1 Å². The standard InChI is InChI=1S/C24H31FN2O3.C6H8O7/c1-4-30-17-20-15-19(9-10-23(20)29-3)16-27-13-11-24(12-14-27,26-18(2)28)21-7-5-6-8-22(21)25;7-3(8)1-6(13,5(11)12)2-4(9)10/h5-10,15H,4,11-14,16-17H2,1-3H3,(H,26,28);13H,1-2H2,(H,7,8)(H,9,10)(H,11,12). The van der Waals surface area contributed by atoms with E-state index in [0.717, 1.165) is 30.9 Å². The molecular formula is C30H39FN2O10. The first-order chi connectivity index (χ1) is 20.2. The maximum absolute atomic E-state index is 14.5. The lowest BCUT2D eigenvalue weighted by molar-refractivity contribution is -0.170. The van der Waals surface area contributed by atoms with Crippen molar-refractivity contribution in [3.63, 3.8) is 0 Å². The molecule has 0 radical (unpaired) electrons. The van der Waals surface area contributed by atoms with Crippen LogP contribution >= 0.6 is 0 Å². The van der Waals surface area contributed by atoms with Crippen molar-refractivity contribution in [2.24, 2.45) is 0 Å². The zero-order valence-electron chi connectivity index (χ0n) is 24.5. The maximum atomic E-state index is 14.5. The summed E-state index contributed by atoms with van der Waals surface area (Å²) in [6.45, 7) is 6.96. The average molecular weight is 607 g/mol. The Balaban J connectivity index is 0.000000420. The van der Waals surface area contributed by atoms with Gasteiger partial charge in [0, 0.05) is 44.3 Å². The molecular weight excluding hydrogens is 567 g/mol. The molecule has 1 aliphatic heterocycles. The van der Waals surface area contributed by atoms with Gasteiger partial charge in [0.1, 0.15) is 11.6 Å². The normalized spacial score (nSPS) is 14.6. The van der Waals surface area contributed by atoms with E-state index in [0.29, 0.717) is 31.6 Å². The Morgan fingerprint density at radius 2 is 1.63 bits per heavy atom. The van der Waals surface area contributed by atoms with Crippen molar-refractivity contribution in [3.8, 4) is 5.75 Å². The quantitative estimate of drug-likeness (QED) is 0.226. The summed E-state index contributed by atoms with van der Waals surface area (Å²) in [5, 5.41) is 36.9. The van der Waals surface area contributed by atoms with Crippen LogP contribution in [0.3, 0.4) is 0 Å². The first kappa shape index (κ1) is 35.1. The maximum Gasteiger partial charge on any atom is 0.336 e. The van der Waals surface area contributed by atoms with Crippen LogP contribution in [-0.4, -0.2) is 81.5 Å². The van der Waals surface area contributed by atoms with Gasteiger partial charge in [0.2, 0.25) is 5.91 Å². The molecule has 0 atom stereocenters. The molecule has 0 aliphatic carbocycles. The Bertz CT molecular complexity index is 1260. The number of halogens is 1. The Hall–Kier alpha value is -4.07. The first-order valence-electron chi connectivity index (χ1n) is 13.6. The summed E-state index contributed by atoms with van der Waals surface area (Å²) in [6.07, 6.45) is -0.964. The summed E-state index contributed by atoms with van der Waals surface area (Å²) in [7, 11) is 1.67. The fraction of sp³-hybridized carbons (Fsp3) is 0.467. The van der Waals surface area contributed by atoms with Gasteiger partial charge in [-0.15, -0.1) is 0 Å². The van der Waals surface area contributed by atoms with Crippen LogP contribution in [0.15, 0.2) is 42.5 Å². The molecule has 0 spiro atoms. The molecule has 5 N–H and O–H groups in total. The number of piperidine rings is 1. The predicted molar refractivity (Wildman–Crippen MR) is 152 cm³/mol. The number of aliphatic carboxylic acids is 3. The van der Waals surface area contributed by atoms with E-state index in [-0.39, 0.29) is 11.7 Å². The molecule has 236 valence electrons.